The third-order valence-electron chi connectivity index (χ3n) is 6.30. The summed E-state index contributed by atoms with van der Waals surface area (Å²) in [5, 5.41) is 1.83. The van der Waals surface area contributed by atoms with Crippen LogP contribution in [0.5, 0.6) is 5.75 Å². The van der Waals surface area contributed by atoms with Crippen LogP contribution in [-0.2, 0) is 16.1 Å². The van der Waals surface area contributed by atoms with Crippen molar-refractivity contribution in [2.75, 3.05) is 39.0 Å². The zero-order valence-corrected chi connectivity index (χ0v) is 21.1. The van der Waals surface area contributed by atoms with Crippen molar-refractivity contribution in [1.29, 1.82) is 0 Å². The second-order valence-electron chi connectivity index (χ2n) is 8.52. The third-order valence-corrected chi connectivity index (χ3v) is 8.13. The van der Waals surface area contributed by atoms with Crippen LogP contribution in [-0.4, -0.2) is 66.1 Å². The van der Waals surface area contributed by atoms with E-state index < -0.39 is 5.97 Å². The Morgan fingerprint density at radius 2 is 1.94 bits per heavy atom. The highest BCUT2D eigenvalue weighted by atomic mass is 79.9. The molecular weight excluding hydrogens is 508 g/mol. The quantitative estimate of drug-likeness (QED) is 0.563. The van der Waals surface area contributed by atoms with Gasteiger partial charge in [-0.15, -0.1) is 11.3 Å². The summed E-state index contributed by atoms with van der Waals surface area (Å²) in [6.45, 7) is 3.99. The van der Waals surface area contributed by atoms with E-state index in [1.165, 1.54) is 18.4 Å². The van der Waals surface area contributed by atoms with E-state index in [4.69, 9.17) is 15.2 Å². The van der Waals surface area contributed by atoms with E-state index in [-0.39, 0.29) is 17.9 Å². The molecular formula is C23H29BrN4O4S. The van der Waals surface area contributed by atoms with E-state index in [0.29, 0.717) is 29.5 Å². The Labute approximate surface area is 206 Å². The first-order chi connectivity index (χ1) is 15.9. The Hall–Kier alpha value is -2.17. The molecule has 0 aromatic carbocycles. The second-order valence-corrected chi connectivity index (χ2v) is 10.2. The minimum atomic E-state index is -0.396. The maximum absolute atomic E-state index is 13.1. The number of esters is 1. The Morgan fingerprint density at radius 3 is 2.61 bits per heavy atom. The standard InChI is InChI=1S/C23H29BrN4O4S/c1-31-23(30)21-20(18(24)14-33-21)32-17-5-10-28(11-6-17)22(29)16-3-8-27(9-4-16)13-15-2-7-26-19(25)12-15/h2,7,12,14,16-17H,3-6,8-11,13H2,1H3,(H2,25,26). The summed E-state index contributed by atoms with van der Waals surface area (Å²) in [5.41, 5.74) is 6.93. The minimum Gasteiger partial charge on any atom is -0.487 e. The van der Waals surface area contributed by atoms with Crippen molar-refractivity contribution in [1.82, 2.24) is 14.8 Å². The predicted molar refractivity (Wildman–Crippen MR) is 130 cm³/mol. The number of halogens is 1. The third kappa shape index (κ3) is 5.85. The van der Waals surface area contributed by atoms with Gasteiger partial charge in [-0.3, -0.25) is 9.69 Å². The molecule has 2 aliphatic rings. The number of methoxy groups -OCH3 is 1. The van der Waals surface area contributed by atoms with Crippen molar-refractivity contribution < 1.29 is 19.1 Å². The van der Waals surface area contributed by atoms with Crippen LogP contribution in [0.15, 0.2) is 28.2 Å². The van der Waals surface area contributed by atoms with E-state index in [1.54, 1.807) is 6.20 Å². The molecule has 2 N–H and O–H groups in total. The van der Waals surface area contributed by atoms with Gasteiger partial charge in [0.05, 0.1) is 11.6 Å². The van der Waals surface area contributed by atoms with Gasteiger partial charge < -0.3 is 20.1 Å². The smallest absolute Gasteiger partial charge is 0.351 e. The molecule has 0 aliphatic carbocycles. The average molecular weight is 537 g/mol. The number of nitrogens with two attached hydrogens (primary N) is 1. The van der Waals surface area contributed by atoms with E-state index in [1.807, 2.05) is 22.4 Å². The number of aromatic nitrogens is 1. The SMILES string of the molecule is COC(=O)c1scc(Br)c1OC1CCN(C(=O)C2CCN(Cc3ccnc(N)c3)CC2)CC1. The van der Waals surface area contributed by atoms with E-state index in [0.717, 1.165) is 55.4 Å². The molecule has 2 aromatic rings. The normalized spacial score (nSPS) is 18.3. The molecule has 4 rings (SSSR count). The van der Waals surface area contributed by atoms with Crippen molar-refractivity contribution in [3.63, 3.8) is 0 Å². The van der Waals surface area contributed by atoms with E-state index in [2.05, 4.69) is 25.8 Å². The summed E-state index contributed by atoms with van der Waals surface area (Å²) < 4.78 is 11.7. The molecule has 0 saturated carbocycles. The zero-order valence-electron chi connectivity index (χ0n) is 18.7. The zero-order chi connectivity index (χ0) is 23.4. The lowest BCUT2D eigenvalue weighted by Crippen LogP contribution is -2.47. The Bertz CT molecular complexity index is 985. The summed E-state index contributed by atoms with van der Waals surface area (Å²) in [5.74, 6) is 1.02. The number of nitrogen functional groups attached to an aromatic ring is 1. The lowest BCUT2D eigenvalue weighted by atomic mass is 9.94. The summed E-state index contributed by atoms with van der Waals surface area (Å²) in [7, 11) is 1.36. The molecule has 8 nitrogen and oxygen atoms in total. The Balaban J connectivity index is 1.24. The van der Waals surface area contributed by atoms with Crippen molar-refractivity contribution in [2.45, 2.75) is 38.3 Å². The first-order valence-corrected chi connectivity index (χ1v) is 12.9. The maximum Gasteiger partial charge on any atom is 0.351 e. The van der Waals surface area contributed by atoms with Gasteiger partial charge in [0.2, 0.25) is 5.91 Å². The highest BCUT2D eigenvalue weighted by Crippen LogP contribution is 2.37. The molecule has 2 fully saturated rings. The van der Waals surface area contributed by atoms with Gasteiger partial charge in [-0.05, 0) is 59.6 Å². The number of rotatable bonds is 6. The number of carbonyl (C=O) groups excluding carboxylic acids is 2. The van der Waals surface area contributed by atoms with Gasteiger partial charge >= 0.3 is 5.97 Å². The minimum absolute atomic E-state index is 0.0296. The molecule has 0 spiro atoms. The highest BCUT2D eigenvalue weighted by Gasteiger charge is 2.32. The number of thiophene rings is 1. The fourth-order valence-electron chi connectivity index (χ4n) is 4.48. The highest BCUT2D eigenvalue weighted by molar-refractivity contribution is 9.10. The molecule has 4 heterocycles. The summed E-state index contributed by atoms with van der Waals surface area (Å²) in [6.07, 6.45) is 4.95. The number of anilines is 1. The van der Waals surface area contributed by atoms with Crippen LogP contribution in [0, 0.1) is 5.92 Å². The molecule has 178 valence electrons. The lowest BCUT2D eigenvalue weighted by Gasteiger charge is -2.37. The summed E-state index contributed by atoms with van der Waals surface area (Å²) in [4.78, 5) is 33.9. The van der Waals surface area contributed by atoms with Crippen LogP contribution in [0.2, 0.25) is 0 Å². The van der Waals surface area contributed by atoms with E-state index in [9.17, 15) is 9.59 Å². The van der Waals surface area contributed by atoms with Crippen LogP contribution in [0.1, 0.15) is 40.9 Å². The number of nitrogens with zero attached hydrogens (tertiary/aromatic N) is 3. The molecule has 10 heteroatoms. The van der Waals surface area contributed by atoms with Crippen LogP contribution < -0.4 is 10.5 Å². The number of likely N-dealkylation sites (tertiary alicyclic amines) is 2. The first-order valence-electron chi connectivity index (χ1n) is 11.2. The van der Waals surface area contributed by atoms with Crippen molar-refractivity contribution in [3.05, 3.63) is 38.6 Å². The van der Waals surface area contributed by atoms with Gasteiger partial charge in [-0.25, -0.2) is 9.78 Å². The van der Waals surface area contributed by atoms with Gasteiger partial charge in [0.1, 0.15) is 11.9 Å². The Kier molecular flexibility index (Phi) is 7.87. The van der Waals surface area contributed by atoms with Crippen LogP contribution in [0.3, 0.4) is 0 Å². The maximum atomic E-state index is 13.1. The molecule has 0 atom stereocenters. The molecule has 0 radical (unpaired) electrons. The number of carbonyl (C=O) groups is 2. The van der Waals surface area contributed by atoms with Crippen molar-refractivity contribution in [3.8, 4) is 5.75 Å². The fourth-order valence-corrected chi connectivity index (χ4v) is 5.95. The number of hydrogen-bond donors (Lipinski definition) is 1. The van der Waals surface area contributed by atoms with Crippen LogP contribution >= 0.6 is 27.3 Å². The average Bonchev–Trinajstić information content (AvgIpc) is 3.19. The largest absolute Gasteiger partial charge is 0.487 e. The van der Waals surface area contributed by atoms with Gasteiger partial charge in [0.25, 0.3) is 0 Å². The van der Waals surface area contributed by atoms with Gasteiger partial charge in [0.15, 0.2) is 10.6 Å². The van der Waals surface area contributed by atoms with Gasteiger partial charge in [-0.1, -0.05) is 0 Å². The van der Waals surface area contributed by atoms with Crippen molar-refractivity contribution in [2.24, 2.45) is 5.92 Å². The molecule has 2 aromatic heterocycles. The molecule has 0 bridgehead atoms. The van der Waals surface area contributed by atoms with E-state index >= 15 is 0 Å². The second kappa shape index (κ2) is 10.8. The molecule has 1 amide bonds. The molecule has 2 saturated heterocycles. The van der Waals surface area contributed by atoms with Gasteiger partial charge in [-0.2, -0.15) is 0 Å². The first kappa shape index (κ1) is 24.0. The summed E-state index contributed by atoms with van der Waals surface area (Å²) in [6, 6.07) is 3.90. The predicted octanol–water partition coefficient (Wildman–Crippen LogP) is 3.56. The van der Waals surface area contributed by atoms with Crippen molar-refractivity contribution >= 4 is 45.0 Å². The topological polar surface area (TPSA) is 98.0 Å². The number of ether oxygens (including phenoxy) is 2. The fraction of sp³-hybridized carbons (Fsp3) is 0.522. The number of pyridine rings is 1. The van der Waals surface area contributed by atoms with Gasteiger partial charge in [0, 0.05) is 50.0 Å². The number of piperidine rings is 2. The Morgan fingerprint density at radius 1 is 1.21 bits per heavy atom. The lowest BCUT2D eigenvalue weighted by molar-refractivity contribution is -0.139. The number of hydrogen-bond acceptors (Lipinski definition) is 8. The molecule has 0 unspecified atom stereocenters. The molecule has 2 aliphatic heterocycles. The molecule has 33 heavy (non-hydrogen) atoms. The van der Waals surface area contributed by atoms with Crippen LogP contribution in [0.25, 0.3) is 0 Å². The number of amides is 1. The van der Waals surface area contributed by atoms with Crippen LogP contribution in [0.4, 0.5) is 5.82 Å². The monoisotopic (exact) mass is 536 g/mol. The summed E-state index contributed by atoms with van der Waals surface area (Å²) >= 11 is 4.76.